The molecule has 9 heteroatoms. The molecule has 1 unspecified atom stereocenters. The Bertz CT molecular complexity index is 1030. The number of nitrogens with one attached hydrogen (secondary N) is 1. The summed E-state index contributed by atoms with van der Waals surface area (Å²) in [4.78, 5) is 12.8. The smallest absolute Gasteiger partial charge is 0.387 e. The zero-order chi connectivity index (χ0) is 21.9. The van der Waals surface area contributed by atoms with E-state index in [2.05, 4.69) is 10.1 Å². The van der Waals surface area contributed by atoms with Crippen molar-refractivity contribution in [1.29, 1.82) is 0 Å². The number of rotatable bonds is 6. The molecule has 0 aromatic heterocycles. The van der Waals surface area contributed by atoms with Gasteiger partial charge in [0.1, 0.15) is 5.75 Å². The van der Waals surface area contributed by atoms with Gasteiger partial charge in [-0.3, -0.25) is 4.79 Å². The SMILES string of the molecule is Cc1c(NC(=O)c2cccc(S(=O)(=O)N3CCCCC3C)c2)cccc1OC(F)F. The third kappa shape index (κ3) is 4.79. The summed E-state index contributed by atoms with van der Waals surface area (Å²) in [5, 5.41) is 2.63. The van der Waals surface area contributed by atoms with E-state index in [0.717, 1.165) is 19.3 Å². The normalized spacial score (nSPS) is 17.7. The molecule has 1 aliphatic rings. The van der Waals surface area contributed by atoms with Crippen LogP contribution >= 0.6 is 0 Å². The van der Waals surface area contributed by atoms with Gasteiger partial charge in [0.2, 0.25) is 10.0 Å². The van der Waals surface area contributed by atoms with Crippen LogP contribution in [0.2, 0.25) is 0 Å². The lowest BCUT2D eigenvalue weighted by molar-refractivity contribution is -0.0502. The first-order valence-electron chi connectivity index (χ1n) is 9.68. The number of carbonyl (C=O) groups excluding carboxylic acids is 1. The van der Waals surface area contributed by atoms with Gasteiger partial charge in [0, 0.05) is 29.4 Å². The number of nitrogens with zero attached hydrogens (tertiary/aromatic N) is 1. The molecule has 2 aromatic carbocycles. The number of ether oxygens (including phenoxy) is 1. The molecule has 0 saturated carbocycles. The average Bonchev–Trinajstić information content (AvgIpc) is 2.71. The molecule has 1 atom stereocenters. The number of hydrogen-bond acceptors (Lipinski definition) is 4. The molecule has 1 N–H and O–H groups in total. The molecule has 2 aromatic rings. The average molecular weight is 438 g/mol. The molecule has 6 nitrogen and oxygen atoms in total. The summed E-state index contributed by atoms with van der Waals surface area (Å²) in [6.45, 7) is 0.903. The van der Waals surface area contributed by atoms with Gasteiger partial charge in [0.05, 0.1) is 4.90 Å². The van der Waals surface area contributed by atoms with Crippen LogP contribution in [0, 0.1) is 6.92 Å². The van der Waals surface area contributed by atoms with Crippen LogP contribution < -0.4 is 10.1 Å². The van der Waals surface area contributed by atoms with E-state index >= 15 is 0 Å². The highest BCUT2D eigenvalue weighted by atomic mass is 32.2. The Morgan fingerprint density at radius 1 is 1.20 bits per heavy atom. The number of anilines is 1. The first-order chi connectivity index (χ1) is 14.2. The predicted molar refractivity (Wildman–Crippen MR) is 109 cm³/mol. The van der Waals surface area contributed by atoms with E-state index in [-0.39, 0.29) is 22.3 Å². The van der Waals surface area contributed by atoms with Crippen molar-refractivity contribution in [2.45, 2.75) is 50.7 Å². The second-order valence-electron chi connectivity index (χ2n) is 7.25. The largest absolute Gasteiger partial charge is 0.434 e. The molecule has 3 rings (SSSR count). The summed E-state index contributed by atoms with van der Waals surface area (Å²) in [6.07, 6.45) is 2.60. The molecule has 1 amide bonds. The Morgan fingerprint density at radius 3 is 2.63 bits per heavy atom. The van der Waals surface area contributed by atoms with Crippen LogP contribution in [0.3, 0.4) is 0 Å². The molecule has 0 bridgehead atoms. The topological polar surface area (TPSA) is 75.7 Å². The predicted octanol–water partition coefficient (Wildman–Crippen LogP) is 4.41. The number of carbonyl (C=O) groups is 1. The van der Waals surface area contributed by atoms with Crippen molar-refractivity contribution in [2.24, 2.45) is 0 Å². The van der Waals surface area contributed by atoms with Gasteiger partial charge < -0.3 is 10.1 Å². The Kier molecular flexibility index (Phi) is 6.72. The van der Waals surface area contributed by atoms with Crippen LogP contribution in [0.25, 0.3) is 0 Å². The van der Waals surface area contributed by atoms with Gasteiger partial charge in [-0.15, -0.1) is 0 Å². The van der Waals surface area contributed by atoms with E-state index in [1.807, 2.05) is 6.92 Å². The number of piperidine rings is 1. The third-order valence-electron chi connectivity index (χ3n) is 5.19. The summed E-state index contributed by atoms with van der Waals surface area (Å²) in [5.74, 6) is -0.589. The maximum Gasteiger partial charge on any atom is 0.387 e. The molecule has 1 fully saturated rings. The van der Waals surface area contributed by atoms with Crippen molar-refractivity contribution in [3.63, 3.8) is 0 Å². The molecule has 162 valence electrons. The Morgan fingerprint density at radius 2 is 1.93 bits per heavy atom. The van der Waals surface area contributed by atoms with Crippen molar-refractivity contribution in [1.82, 2.24) is 4.31 Å². The monoisotopic (exact) mass is 438 g/mol. The molecular weight excluding hydrogens is 414 g/mol. The van der Waals surface area contributed by atoms with E-state index in [1.165, 1.54) is 40.7 Å². The number of alkyl halides is 2. The van der Waals surface area contributed by atoms with E-state index < -0.39 is 22.5 Å². The molecule has 0 aliphatic carbocycles. The first-order valence-corrected chi connectivity index (χ1v) is 11.1. The molecule has 1 aliphatic heterocycles. The second-order valence-corrected chi connectivity index (χ2v) is 9.14. The zero-order valence-corrected chi connectivity index (χ0v) is 17.6. The van der Waals surface area contributed by atoms with Gasteiger partial charge in [0.15, 0.2) is 0 Å². The van der Waals surface area contributed by atoms with Gasteiger partial charge in [-0.1, -0.05) is 18.6 Å². The Balaban J connectivity index is 1.83. The van der Waals surface area contributed by atoms with Crippen LogP contribution in [0.1, 0.15) is 42.1 Å². The van der Waals surface area contributed by atoms with Gasteiger partial charge >= 0.3 is 6.61 Å². The zero-order valence-electron chi connectivity index (χ0n) is 16.8. The summed E-state index contributed by atoms with van der Waals surface area (Å²) in [7, 11) is -3.72. The van der Waals surface area contributed by atoms with Crippen molar-refractivity contribution >= 4 is 21.6 Å². The van der Waals surface area contributed by atoms with Crippen molar-refractivity contribution in [2.75, 3.05) is 11.9 Å². The standard InChI is InChI=1S/C21H24F2N2O4S/c1-14-7-3-4-12-25(14)30(27,28)17-9-5-8-16(13-17)20(26)24-18-10-6-11-19(15(18)2)29-21(22)23/h5-6,8-11,13-14,21H,3-4,7,12H2,1-2H3,(H,24,26). The van der Waals surface area contributed by atoms with Crippen LogP contribution in [0.5, 0.6) is 5.75 Å². The molecule has 1 saturated heterocycles. The van der Waals surface area contributed by atoms with Gasteiger partial charge in [0.25, 0.3) is 5.91 Å². The lowest BCUT2D eigenvalue weighted by Crippen LogP contribution is -2.41. The molecule has 1 heterocycles. The maximum absolute atomic E-state index is 13.0. The van der Waals surface area contributed by atoms with Gasteiger partial charge in [-0.05, 0) is 57.0 Å². The van der Waals surface area contributed by atoms with Crippen molar-refractivity contribution in [3.05, 3.63) is 53.6 Å². The number of benzene rings is 2. The highest BCUT2D eigenvalue weighted by molar-refractivity contribution is 7.89. The minimum absolute atomic E-state index is 0.0433. The number of hydrogen-bond donors (Lipinski definition) is 1. The summed E-state index contributed by atoms with van der Waals surface area (Å²) >= 11 is 0. The van der Waals surface area contributed by atoms with E-state index in [0.29, 0.717) is 17.8 Å². The Labute approximate surface area is 174 Å². The number of halogens is 2. The minimum atomic E-state index is -3.72. The Hall–Kier alpha value is -2.52. The van der Waals surface area contributed by atoms with Gasteiger partial charge in [-0.25, -0.2) is 8.42 Å². The quantitative estimate of drug-likeness (QED) is 0.725. The summed E-state index contributed by atoms with van der Waals surface area (Å²) in [6, 6.07) is 10.1. The first kappa shape index (κ1) is 22.2. The number of amides is 1. The fraction of sp³-hybridized carbons (Fsp3) is 0.381. The number of sulfonamides is 1. The lowest BCUT2D eigenvalue weighted by atomic mass is 10.1. The van der Waals surface area contributed by atoms with Crippen LogP contribution in [-0.4, -0.2) is 37.8 Å². The van der Waals surface area contributed by atoms with E-state index in [1.54, 1.807) is 13.0 Å². The highest BCUT2D eigenvalue weighted by Crippen LogP contribution is 2.28. The van der Waals surface area contributed by atoms with Gasteiger partial charge in [-0.2, -0.15) is 13.1 Å². The van der Waals surface area contributed by atoms with Crippen LogP contribution in [-0.2, 0) is 10.0 Å². The fourth-order valence-corrected chi connectivity index (χ4v) is 5.28. The summed E-state index contributed by atoms with van der Waals surface area (Å²) < 4.78 is 57.1. The third-order valence-corrected chi connectivity index (χ3v) is 7.20. The molecule has 0 spiro atoms. The van der Waals surface area contributed by atoms with Crippen molar-refractivity contribution < 1.29 is 26.7 Å². The lowest BCUT2D eigenvalue weighted by Gasteiger charge is -2.32. The second kappa shape index (κ2) is 9.09. The summed E-state index contributed by atoms with van der Waals surface area (Å²) in [5.41, 5.74) is 0.799. The molecular formula is C21H24F2N2O4S. The minimum Gasteiger partial charge on any atom is -0.434 e. The van der Waals surface area contributed by atoms with E-state index in [4.69, 9.17) is 0 Å². The maximum atomic E-state index is 13.0. The van der Waals surface area contributed by atoms with Crippen LogP contribution in [0.15, 0.2) is 47.4 Å². The molecule has 0 radical (unpaired) electrons. The van der Waals surface area contributed by atoms with E-state index in [9.17, 15) is 22.0 Å². The van der Waals surface area contributed by atoms with Crippen LogP contribution in [0.4, 0.5) is 14.5 Å². The highest BCUT2D eigenvalue weighted by Gasteiger charge is 2.31. The van der Waals surface area contributed by atoms with Crippen molar-refractivity contribution in [3.8, 4) is 5.75 Å². The molecule has 30 heavy (non-hydrogen) atoms. The fourth-order valence-electron chi connectivity index (χ4n) is 3.53.